The van der Waals surface area contributed by atoms with Crippen molar-refractivity contribution in [2.24, 2.45) is 7.05 Å². The lowest BCUT2D eigenvalue weighted by molar-refractivity contribution is -0.884. The van der Waals surface area contributed by atoms with E-state index in [-0.39, 0.29) is 18.6 Å². The van der Waals surface area contributed by atoms with Crippen LogP contribution in [-0.4, -0.2) is 54.1 Å². The zero-order chi connectivity index (χ0) is 18.2. The molecule has 0 aliphatic heterocycles. The highest BCUT2D eigenvalue weighted by molar-refractivity contribution is 5.73. The molecule has 4 N–H and O–H groups in total. The van der Waals surface area contributed by atoms with Crippen LogP contribution >= 0.6 is 0 Å². The normalized spacial score (nSPS) is 13.5. The molecular formula is C18H28N5O2+. The van der Waals surface area contributed by atoms with Crippen LogP contribution in [0.3, 0.4) is 0 Å². The van der Waals surface area contributed by atoms with Gasteiger partial charge in [0, 0.05) is 31.8 Å². The van der Waals surface area contributed by atoms with E-state index in [2.05, 4.69) is 42.0 Å². The molecule has 1 aromatic heterocycles. The van der Waals surface area contributed by atoms with Gasteiger partial charge in [0.2, 0.25) is 0 Å². The van der Waals surface area contributed by atoms with Gasteiger partial charge in [0.15, 0.2) is 0 Å². The molecule has 0 saturated carbocycles. The Labute approximate surface area is 148 Å². The van der Waals surface area contributed by atoms with Crippen LogP contribution in [0.4, 0.5) is 4.79 Å². The average molecular weight is 346 g/mol. The number of aliphatic hydroxyl groups is 1. The van der Waals surface area contributed by atoms with E-state index in [1.807, 2.05) is 18.2 Å². The number of nitrogens with zero attached hydrogens (tertiary/aromatic N) is 2. The van der Waals surface area contributed by atoms with Crippen LogP contribution in [0.1, 0.15) is 17.2 Å². The number of nitrogens with one attached hydrogen (secondary N) is 3. The Morgan fingerprint density at radius 3 is 2.52 bits per heavy atom. The number of amides is 2. The van der Waals surface area contributed by atoms with E-state index >= 15 is 0 Å². The minimum atomic E-state index is -0.765. The number of carbonyl (C=O) groups is 1. The lowest BCUT2D eigenvalue weighted by Gasteiger charge is -2.22. The van der Waals surface area contributed by atoms with Gasteiger partial charge in [0.1, 0.15) is 6.04 Å². The number of benzene rings is 1. The topological polar surface area (TPSA) is 83.6 Å². The molecule has 136 valence electrons. The summed E-state index contributed by atoms with van der Waals surface area (Å²) in [6.45, 7) is 0.710. The summed E-state index contributed by atoms with van der Waals surface area (Å²) in [5.74, 6) is 0. The molecular weight excluding hydrogens is 318 g/mol. The predicted octanol–water partition coefficient (Wildman–Crippen LogP) is -0.491. The smallest absolute Gasteiger partial charge is 0.315 e. The first-order chi connectivity index (χ1) is 12.0. The molecule has 2 aromatic rings. The molecule has 25 heavy (non-hydrogen) atoms. The molecule has 0 fully saturated rings. The van der Waals surface area contributed by atoms with Crippen molar-refractivity contribution in [1.82, 2.24) is 20.4 Å². The van der Waals surface area contributed by atoms with Crippen LogP contribution in [0, 0.1) is 0 Å². The molecule has 0 spiro atoms. The number of quaternary nitrogens is 1. The minimum absolute atomic E-state index is 0.149. The van der Waals surface area contributed by atoms with Crippen molar-refractivity contribution in [2.45, 2.75) is 18.6 Å². The highest BCUT2D eigenvalue weighted by atomic mass is 16.3. The van der Waals surface area contributed by atoms with Crippen molar-refractivity contribution in [2.75, 3.05) is 27.2 Å². The Kier molecular flexibility index (Phi) is 6.97. The Morgan fingerprint density at radius 2 is 1.92 bits per heavy atom. The third-order valence-electron chi connectivity index (χ3n) is 4.22. The highest BCUT2D eigenvalue weighted by Gasteiger charge is 2.17. The maximum atomic E-state index is 12.0. The molecule has 0 unspecified atom stereocenters. The van der Waals surface area contributed by atoms with Gasteiger partial charge in [0.05, 0.1) is 32.9 Å². The quantitative estimate of drug-likeness (QED) is 0.520. The van der Waals surface area contributed by atoms with Crippen LogP contribution in [0.2, 0.25) is 0 Å². The Morgan fingerprint density at radius 1 is 1.24 bits per heavy atom. The molecule has 1 aromatic carbocycles. The summed E-state index contributed by atoms with van der Waals surface area (Å²) < 4.78 is 1.62. The van der Waals surface area contributed by atoms with Crippen molar-refractivity contribution in [3.05, 3.63) is 53.9 Å². The van der Waals surface area contributed by atoms with Crippen LogP contribution in [0.5, 0.6) is 0 Å². The summed E-state index contributed by atoms with van der Waals surface area (Å²) >= 11 is 0. The second-order valence-corrected chi connectivity index (χ2v) is 6.52. The molecule has 7 nitrogen and oxygen atoms in total. The van der Waals surface area contributed by atoms with Gasteiger partial charge in [-0.25, -0.2) is 4.79 Å². The zero-order valence-corrected chi connectivity index (χ0v) is 15.1. The van der Waals surface area contributed by atoms with Gasteiger partial charge in [-0.05, 0) is 5.56 Å². The molecule has 0 aliphatic rings. The number of carbonyl (C=O) groups excluding carboxylic acids is 1. The third-order valence-corrected chi connectivity index (χ3v) is 4.22. The van der Waals surface area contributed by atoms with Crippen LogP contribution < -0.4 is 15.5 Å². The molecule has 1 heterocycles. The number of urea groups is 1. The molecule has 2 atom stereocenters. The fourth-order valence-corrected chi connectivity index (χ4v) is 2.58. The zero-order valence-electron chi connectivity index (χ0n) is 15.1. The summed E-state index contributed by atoms with van der Waals surface area (Å²) in [6.07, 6.45) is 3.45. The molecule has 0 saturated heterocycles. The second-order valence-electron chi connectivity index (χ2n) is 6.52. The summed E-state index contributed by atoms with van der Waals surface area (Å²) in [4.78, 5) is 13.3. The molecule has 0 bridgehead atoms. The summed E-state index contributed by atoms with van der Waals surface area (Å²) in [6, 6.07) is 10.2. The maximum absolute atomic E-state index is 12.0. The Hall–Kier alpha value is -2.38. The van der Waals surface area contributed by atoms with E-state index < -0.39 is 6.10 Å². The first kappa shape index (κ1) is 19.0. The van der Waals surface area contributed by atoms with Crippen LogP contribution in [-0.2, 0) is 13.5 Å². The summed E-state index contributed by atoms with van der Waals surface area (Å²) in [5, 5.41) is 19.6. The van der Waals surface area contributed by atoms with Crippen molar-refractivity contribution in [3.63, 3.8) is 0 Å². The lowest BCUT2D eigenvalue weighted by atomic mass is 10.1. The second kappa shape index (κ2) is 9.19. The largest absolute Gasteiger partial charge is 0.386 e. The first-order valence-corrected chi connectivity index (χ1v) is 8.48. The van der Waals surface area contributed by atoms with Gasteiger partial charge in [0.25, 0.3) is 0 Å². The van der Waals surface area contributed by atoms with E-state index in [0.717, 1.165) is 6.42 Å². The van der Waals surface area contributed by atoms with Gasteiger partial charge in [-0.15, -0.1) is 0 Å². The van der Waals surface area contributed by atoms with Gasteiger partial charge < -0.3 is 20.6 Å². The average Bonchev–Trinajstić information content (AvgIpc) is 3.03. The highest BCUT2D eigenvalue weighted by Crippen LogP contribution is 2.09. The van der Waals surface area contributed by atoms with E-state index in [4.69, 9.17) is 0 Å². The van der Waals surface area contributed by atoms with Crippen LogP contribution in [0.15, 0.2) is 42.7 Å². The maximum Gasteiger partial charge on any atom is 0.315 e. The van der Waals surface area contributed by atoms with E-state index in [1.54, 1.807) is 24.1 Å². The minimum Gasteiger partial charge on any atom is -0.386 e. The fourth-order valence-electron chi connectivity index (χ4n) is 2.58. The number of hydrogen-bond acceptors (Lipinski definition) is 3. The van der Waals surface area contributed by atoms with Gasteiger partial charge >= 0.3 is 6.03 Å². The molecule has 2 rings (SSSR count). The first-order valence-electron chi connectivity index (χ1n) is 8.48. The van der Waals surface area contributed by atoms with Crippen molar-refractivity contribution < 1.29 is 14.8 Å². The van der Waals surface area contributed by atoms with Crippen LogP contribution in [0.25, 0.3) is 0 Å². The number of aryl methyl sites for hydroxylation is 1. The third kappa shape index (κ3) is 6.21. The van der Waals surface area contributed by atoms with Gasteiger partial charge in [-0.2, -0.15) is 5.10 Å². The Balaban J connectivity index is 1.76. The van der Waals surface area contributed by atoms with Crippen molar-refractivity contribution >= 4 is 6.03 Å². The standard InChI is InChI=1S/C18H27N5O2/c1-22(2)16(9-14-7-5-4-6-8-14)11-19-18(25)20-12-17(24)15-10-21-23(3)13-15/h4-8,10,13,16-17,24H,9,11-12H2,1-3H3,(H2,19,20,25)/p+1/t16-,17-/m1/s1. The molecule has 0 radical (unpaired) electrons. The van der Waals surface area contributed by atoms with E-state index in [0.29, 0.717) is 12.1 Å². The summed E-state index contributed by atoms with van der Waals surface area (Å²) in [7, 11) is 5.95. The fraction of sp³-hybridized carbons (Fsp3) is 0.444. The predicted molar refractivity (Wildman–Crippen MR) is 96.3 cm³/mol. The lowest BCUT2D eigenvalue weighted by Crippen LogP contribution is -3.11. The summed E-state index contributed by atoms with van der Waals surface area (Å²) in [5.41, 5.74) is 1.94. The van der Waals surface area contributed by atoms with Gasteiger partial charge in [-0.1, -0.05) is 30.3 Å². The number of likely N-dealkylation sites (N-methyl/N-ethyl adjacent to an activating group) is 1. The number of rotatable bonds is 8. The number of hydrogen-bond donors (Lipinski definition) is 4. The Bertz CT molecular complexity index is 656. The van der Waals surface area contributed by atoms with Crippen molar-refractivity contribution in [1.29, 1.82) is 0 Å². The SMILES string of the molecule is Cn1cc([C@H](O)CNC(=O)NC[C@@H](Cc2ccccc2)[NH+](C)C)cn1. The van der Waals surface area contributed by atoms with E-state index in [1.165, 1.54) is 10.5 Å². The van der Waals surface area contributed by atoms with Gasteiger partial charge in [-0.3, -0.25) is 4.68 Å². The number of aromatic nitrogens is 2. The molecule has 2 amide bonds. The number of aliphatic hydroxyl groups excluding tert-OH is 1. The molecule has 0 aliphatic carbocycles. The monoisotopic (exact) mass is 346 g/mol. The van der Waals surface area contributed by atoms with Crippen molar-refractivity contribution in [3.8, 4) is 0 Å². The van der Waals surface area contributed by atoms with E-state index in [9.17, 15) is 9.90 Å². The molecule has 7 heteroatoms.